The zero-order valence-electron chi connectivity index (χ0n) is 11.9. The number of carbonyl (C=O) groups is 1. The number of hydrogen-bond acceptors (Lipinski definition) is 3. The van der Waals surface area contributed by atoms with E-state index in [9.17, 15) is 4.79 Å². The van der Waals surface area contributed by atoms with E-state index >= 15 is 0 Å². The highest BCUT2D eigenvalue weighted by Crippen LogP contribution is 2.22. The number of thiazole rings is 1. The third kappa shape index (κ3) is 3.82. The number of benzene rings is 1. The molecule has 0 aliphatic carbocycles. The van der Waals surface area contributed by atoms with E-state index in [1.54, 1.807) is 6.20 Å². The van der Waals surface area contributed by atoms with Crippen LogP contribution in [0.5, 0.6) is 0 Å². The van der Waals surface area contributed by atoms with Crippen molar-refractivity contribution in [1.82, 2.24) is 9.88 Å². The molecule has 0 unspecified atom stereocenters. The maximum Gasteiger partial charge on any atom is 0.323 e. The molecule has 1 saturated heterocycles. The van der Waals surface area contributed by atoms with Crippen LogP contribution in [-0.4, -0.2) is 29.0 Å². The first-order valence-electron chi connectivity index (χ1n) is 7.30. The molecule has 0 radical (unpaired) electrons. The number of amides is 2. The van der Waals surface area contributed by atoms with E-state index < -0.39 is 0 Å². The zero-order chi connectivity index (χ0) is 14.5. The lowest BCUT2D eigenvalue weighted by atomic mass is 9.90. The summed E-state index contributed by atoms with van der Waals surface area (Å²) in [5.74, 6) is 0.677. The maximum absolute atomic E-state index is 12.1. The Bertz CT molecular complexity index is 562. The number of rotatable bonds is 3. The van der Waals surface area contributed by atoms with E-state index in [2.05, 4.69) is 40.6 Å². The Labute approximate surface area is 128 Å². The molecule has 1 aliphatic rings. The van der Waals surface area contributed by atoms with E-state index in [-0.39, 0.29) is 6.03 Å². The molecular weight excluding hydrogens is 282 g/mol. The Balaban J connectivity index is 1.47. The number of aromatic nitrogens is 1. The van der Waals surface area contributed by atoms with E-state index in [1.165, 1.54) is 16.9 Å². The summed E-state index contributed by atoms with van der Waals surface area (Å²) in [4.78, 5) is 18.1. The molecular formula is C16H19N3OS. The van der Waals surface area contributed by atoms with E-state index in [1.807, 2.05) is 10.3 Å². The first-order valence-corrected chi connectivity index (χ1v) is 8.18. The zero-order valence-corrected chi connectivity index (χ0v) is 12.7. The summed E-state index contributed by atoms with van der Waals surface area (Å²) < 4.78 is 0. The highest BCUT2D eigenvalue weighted by atomic mass is 32.1. The number of likely N-dealkylation sites (tertiary alicyclic amines) is 1. The molecule has 4 nitrogen and oxygen atoms in total. The largest absolute Gasteiger partial charge is 0.324 e. The molecule has 1 aromatic heterocycles. The molecule has 2 aromatic rings. The number of nitrogens with zero attached hydrogens (tertiary/aromatic N) is 2. The highest BCUT2D eigenvalue weighted by molar-refractivity contribution is 7.13. The van der Waals surface area contributed by atoms with Gasteiger partial charge in [-0.05, 0) is 30.7 Å². The minimum Gasteiger partial charge on any atom is -0.324 e. The predicted molar refractivity (Wildman–Crippen MR) is 85.6 cm³/mol. The average molecular weight is 301 g/mol. The Morgan fingerprint density at radius 1 is 1.29 bits per heavy atom. The van der Waals surface area contributed by atoms with Gasteiger partial charge in [0, 0.05) is 24.7 Å². The number of anilines is 1. The summed E-state index contributed by atoms with van der Waals surface area (Å²) in [7, 11) is 0. The lowest BCUT2D eigenvalue weighted by Gasteiger charge is -2.31. The molecule has 1 aromatic carbocycles. The van der Waals surface area contributed by atoms with Crippen molar-refractivity contribution in [3.63, 3.8) is 0 Å². The van der Waals surface area contributed by atoms with Gasteiger partial charge >= 0.3 is 6.03 Å². The van der Waals surface area contributed by atoms with Gasteiger partial charge in [-0.15, -0.1) is 11.3 Å². The number of piperidine rings is 1. The van der Waals surface area contributed by atoms with Crippen LogP contribution in [-0.2, 0) is 6.42 Å². The fourth-order valence-electron chi connectivity index (χ4n) is 2.74. The van der Waals surface area contributed by atoms with Crippen molar-refractivity contribution < 1.29 is 4.79 Å². The van der Waals surface area contributed by atoms with Crippen LogP contribution in [0.25, 0.3) is 0 Å². The van der Waals surface area contributed by atoms with Crippen LogP contribution >= 0.6 is 11.3 Å². The van der Waals surface area contributed by atoms with Gasteiger partial charge in [-0.2, -0.15) is 0 Å². The van der Waals surface area contributed by atoms with Crippen molar-refractivity contribution in [3.8, 4) is 0 Å². The van der Waals surface area contributed by atoms with Gasteiger partial charge in [-0.3, -0.25) is 5.32 Å². The van der Waals surface area contributed by atoms with Crippen LogP contribution in [0.2, 0.25) is 0 Å². The highest BCUT2D eigenvalue weighted by Gasteiger charge is 2.23. The third-order valence-corrected chi connectivity index (χ3v) is 4.60. The minimum atomic E-state index is -0.0249. The standard InChI is InChI=1S/C16H19N3OS/c20-16(18-15-17-8-11-21-15)19-9-6-14(7-10-19)12-13-4-2-1-3-5-13/h1-5,8,11,14H,6-7,9-10,12H2,(H,17,18,20). The second-order valence-corrected chi connectivity index (χ2v) is 6.28. The number of urea groups is 1. The molecule has 1 fully saturated rings. The van der Waals surface area contributed by atoms with Crippen LogP contribution in [0.3, 0.4) is 0 Å². The molecule has 2 amide bonds. The van der Waals surface area contributed by atoms with Crippen molar-refractivity contribution >= 4 is 22.5 Å². The van der Waals surface area contributed by atoms with Crippen LogP contribution < -0.4 is 5.32 Å². The van der Waals surface area contributed by atoms with Gasteiger partial charge < -0.3 is 4.90 Å². The lowest BCUT2D eigenvalue weighted by molar-refractivity contribution is 0.182. The SMILES string of the molecule is O=C(Nc1nccs1)N1CCC(Cc2ccccc2)CC1. The summed E-state index contributed by atoms with van der Waals surface area (Å²) in [5, 5.41) is 5.39. The summed E-state index contributed by atoms with van der Waals surface area (Å²) in [6.07, 6.45) is 4.95. The van der Waals surface area contributed by atoms with Gasteiger partial charge in [0.1, 0.15) is 0 Å². The Hall–Kier alpha value is -1.88. The van der Waals surface area contributed by atoms with Gasteiger partial charge in [0.15, 0.2) is 5.13 Å². The Morgan fingerprint density at radius 3 is 2.71 bits per heavy atom. The summed E-state index contributed by atoms with van der Waals surface area (Å²) >= 11 is 1.45. The van der Waals surface area contributed by atoms with Crippen LogP contribution in [0.4, 0.5) is 9.93 Å². The predicted octanol–water partition coefficient (Wildman–Crippen LogP) is 3.63. The molecule has 0 atom stereocenters. The second kappa shape index (κ2) is 6.72. The quantitative estimate of drug-likeness (QED) is 0.941. The van der Waals surface area contributed by atoms with Gasteiger partial charge in [0.2, 0.25) is 0 Å². The molecule has 1 aliphatic heterocycles. The molecule has 21 heavy (non-hydrogen) atoms. The van der Waals surface area contributed by atoms with Crippen LogP contribution in [0, 0.1) is 5.92 Å². The molecule has 110 valence electrons. The smallest absolute Gasteiger partial charge is 0.323 e. The molecule has 3 rings (SSSR count). The molecule has 5 heteroatoms. The van der Waals surface area contributed by atoms with Crippen molar-refractivity contribution in [2.24, 2.45) is 5.92 Å². The first-order chi connectivity index (χ1) is 10.3. The van der Waals surface area contributed by atoms with Crippen molar-refractivity contribution in [3.05, 3.63) is 47.5 Å². The van der Waals surface area contributed by atoms with Crippen molar-refractivity contribution in [2.45, 2.75) is 19.3 Å². The molecule has 1 N–H and O–H groups in total. The van der Waals surface area contributed by atoms with Crippen molar-refractivity contribution in [1.29, 1.82) is 0 Å². The van der Waals surface area contributed by atoms with Gasteiger partial charge in [0.05, 0.1) is 0 Å². The normalized spacial score (nSPS) is 15.9. The van der Waals surface area contributed by atoms with Crippen LogP contribution in [0.1, 0.15) is 18.4 Å². The molecule has 2 heterocycles. The second-order valence-electron chi connectivity index (χ2n) is 5.39. The monoisotopic (exact) mass is 301 g/mol. The Kier molecular flexibility index (Phi) is 4.50. The number of carbonyl (C=O) groups excluding carboxylic acids is 1. The van der Waals surface area contributed by atoms with Crippen molar-refractivity contribution in [2.75, 3.05) is 18.4 Å². The summed E-state index contributed by atoms with van der Waals surface area (Å²) in [6.45, 7) is 1.66. The molecule has 0 saturated carbocycles. The van der Waals surface area contributed by atoms with E-state index in [0.717, 1.165) is 32.4 Å². The van der Waals surface area contributed by atoms with Gasteiger partial charge in [-0.1, -0.05) is 30.3 Å². The first kappa shape index (κ1) is 14.1. The fraction of sp³-hybridized carbons (Fsp3) is 0.375. The Morgan fingerprint density at radius 2 is 2.05 bits per heavy atom. The topological polar surface area (TPSA) is 45.2 Å². The van der Waals surface area contributed by atoms with E-state index in [4.69, 9.17) is 0 Å². The maximum atomic E-state index is 12.1. The molecule has 0 spiro atoms. The lowest BCUT2D eigenvalue weighted by Crippen LogP contribution is -2.41. The van der Waals surface area contributed by atoms with Gasteiger partial charge in [0.25, 0.3) is 0 Å². The van der Waals surface area contributed by atoms with Crippen LogP contribution in [0.15, 0.2) is 41.9 Å². The summed E-state index contributed by atoms with van der Waals surface area (Å²) in [6, 6.07) is 10.6. The van der Waals surface area contributed by atoms with Gasteiger partial charge in [-0.25, -0.2) is 9.78 Å². The number of hydrogen-bond donors (Lipinski definition) is 1. The minimum absolute atomic E-state index is 0.0249. The molecule has 0 bridgehead atoms. The summed E-state index contributed by atoms with van der Waals surface area (Å²) in [5.41, 5.74) is 1.39. The number of nitrogens with one attached hydrogen (secondary N) is 1. The third-order valence-electron chi connectivity index (χ3n) is 3.92. The fourth-order valence-corrected chi connectivity index (χ4v) is 3.26. The van der Waals surface area contributed by atoms with E-state index in [0.29, 0.717) is 11.0 Å². The average Bonchev–Trinajstić information content (AvgIpc) is 3.02.